The smallest absolute Gasteiger partial charge is 0.408 e. The van der Waals surface area contributed by atoms with Gasteiger partial charge in [-0.2, -0.15) is 0 Å². The quantitative estimate of drug-likeness (QED) is 0.700. The van der Waals surface area contributed by atoms with Gasteiger partial charge in [-0.1, -0.05) is 0 Å². The fourth-order valence-electron chi connectivity index (χ4n) is 1.87. The zero-order valence-electron chi connectivity index (χ0n) is 10.6. The molecule has 1 aliphatic carbocycles. The van der Waals surface area contributed by atoms with Crippen LogP contribution in [0.5, 0.6) is 0 Å². The Morgan fingerprint density at radius 3 is 2.28 bits per heavy atom. The summed E-state index contributed by atoms with van der Waals surface area (Å²) in [6, 6.07) is 0. The van der Waals surface area contributed by atoms with Crippen LogP contribution in [0.15, 0.2) is 0 Å². The Morgan fingerprint density at radius 2 is 1.94 bits per heavy atom. The summed E-state index contributed by atoms with van der Waals surface area (Å²) in [5, 5.41) is 20.5. The predicted molar refractivity (Wildman–Crippen MR) is 59.9 cm³/mol. The van der Waals surface area contributed by atoms with Crippen LogP contribution in [0.25, 0.3) is 0 Å². The maximum absolute atomic E-state index is 12.9. The molecule has 1 amide bonds. The van der Waals surface area contributed by atoms with E-state index in [9.17, 15) is 19.1 Å². The first-order chi connectivity index (χ1) is 8.06. The van der Waals surface area contributed by atoms with E-state index < -0.39 is 35.5 Å². The molecule has 0 aromatic carbocycles. The van der Waals surface area contributed by atoms with Gasteiger partial charge in [0.05, 0.1) is 5.54 Å². The van der Waals surface area contributed by atoms with Crippen LogP contribution in [0.1, 0.15) is 33.6 Å². The largest absolute Gasteiger partial charge is 0.479 e. The molecule has 0 saturated heterocycles. The number of aliphatic hydroxyl groups is 1. The van der Waals surface area contributed by atoms with Gasteiger partial charge >= 0.3 is 12.1 Å². The van der Waals surface area contributed by atoms with Gasteiger partial charge in [-0.25, -0.2) is 14.0 Å². The van der Waals surface area contributed by atoms with Gasteiger partial charge in [0.25, 0.3) is 0 Å². The third-order valence-electron chi connectivity index (χ3n) is 2.68. The second-order valence-electron chi connectivity index (χ2n) is 5.53. The number of alkyl halides is 1. The third kappa shape index (κ3) is 3.32. The molecule has 1 rings (SSSR count). The van der Waals surface area contributed by atoms with Gasteiger partial charge in [0, 0.05) is 12.8 Å². The second-order valence-corrected chi connectivity index (χ2v) is 5.53. The molecule has 18 heavy (non-hydrogen) atoms. The molecule has 0 bridgehead atoms. The van der Waals surface area contributed by atoms with E-state index in [1.54, 1.807) is 20.8 Å². The van der Waals surface area contributed by atoms with Gasteiger partial charge in [0.2, 0.25) is 0 Å². The molecule has 0 heterocycles. The zero-order chi connectivity index (χ0) is 14.1. The molecule has 0 aromatic heterocycles. The lowest BCUT2D eigenvalue weighted by molar-refractivity contribution is -0.156. The van der Waals surface area contributed by atoms with Crippen LogP contribution in [0.2, 0.25) is 0 Å². The number of carbonyl (C=O) groups excluding carboxylic acids is 1. The maximum Gasteiger partial charge on any atom is 0.408 e. The molecule has 1 saturated carbocycles. The molecule has 0 aromatic rings. The van der Waals surface area contributed by atoms with Crippen molar-refractivity contribution in [3.05, 3.63) is 0 Å². The number of amides is 1. The molecule has 6 nitrogen and oxygen atoms in total. The van der Waals surface area contributed by atoms with Gasteiger partial charge < -0.3 is 20.3 Å². The number of aliphatic carboxylic acids is 1. The minimum Gasteiger partial charge on any atom is -0.479 e. The number of rotatable bonds is 3. The summed E-state index contributed by atoms with van der Waals surface area (Å²) in [6.45, 7) is 4.93. The minimum atomic E-state index is -1.85. The van der Waals surface area contributed by atoms with Gasteiger partial charge in [-0.3, -0.25) is 0 Å². The van der Waals surface area contributed by atoms with Gasteiger partial charge in [0.1, 0.15) is 11.8 Å². The molecule has 7 heteroatoms. The average molecular weight is 263 g/mol. The number of carboxylic acid groups (broad SMARTS) is 1. The van der Waals surface area contributed by atoms with Crippen LogP contribution in [0.4, 0.5) is 9.18 Å². The molecule has 1 unspecified atom stereocenters. The molecule has 1 fully saturated rings. The number of carbonyl (C=O) groups is 2. The summed E-state index contributed by atoms with van der Waals surface area (Å²) < 4.78 is 17.9. The van der Waals surface area contributed by atoms with Crippen molar-refractivity contribution in [2.45, 2.75) is 57.0 Å². The van der Waals surface area contributed by atoms with Crippen LogP contribution in [-0.2, 0) is 9.53 Å². The van der Waals surface area contributed by atoms with Crippen LogP contribution in [0, 0.1) is 0 Å². The summed E-state index contributed by atoms with van der Waals surface area (Å²) in [4.78, 5) is 22.3. The first-order valence-electron chi connectivity index (χ1n) is 5.62. The summed E-state index contributed by atoms with van der Waals surface area (Å²) in [7, 11) is 0. The highest BCUT2D eigenvalue weighted by Gasteiger charge is 2.54. The van der Waals surface area contributed by atoms with E-state index in [-0.39, 0.29) is 12.8 Å². The number of ether oxygens (including phenoxy) is 1. The fraction of sp³-hybridized carbons (Fsp3) is 0.818. The van der Waals surface area contributed by atoms with Crippen molar-refractivity contribution in [1.82, 2.24) is 5.32 Å². The van der Waals surface area contributed by atoms with E-state index in [1.165, 1.54) is 0 Å². The lowest BCUT2D eigenvalue weighted by Crippen LogP contribution is -2.67. The van der Waals surface area contributed by atoms with E-state index in [2.05, 4.69) is 5.32 Å². The number of aliphatic hydroxyl groups excluding tert-OH is 1. The minimum absolute atomic E-state index is 0.236. The van der Waals surface area contributed by atoms with Crippen LogP contribution in [0.3, 0.4) is 0 Å². The summed E-state index contributed by atoms with van der Waals surface area (Å²) >= 11 is 0. The van der Waals surface area contributed by atoms with Crippen molar-refractivity contribution in [3.8, 4) is 0 Å². The highest BCUT2D eigenvalue weighted by atomic mass is 19.1. The normalized spacial score (nSPS) is 29.1. The number of hydrogen-bond acceptors (Lipinski definition) is 4. The van der Waals surface area contributed by atoms with E-state index >= 15 is 0 Å². The lowest BCUT2D eigenvalue weighted by Gasteiger charge is -2.46. The molecule has 1 aliphatic rings. The molecule has 0 radical (unpaired) electrons. The van der Waals surface area contributed by atoms with Crippen LogP contribution in [-0.4, -0.2) is 45.7 Å². The van der Waals surface area contributed by atoms with E-state index in [0.717, 1.165) is 0 Å². The van der Waals surface area contributed by atoms with Gasteiger partial charge in [0.15, 0.2) is 6.10 Å². The number of nitrogens with one attached hydrogen (secondary N) is 1. The Morgan fingerprint density at radius 1 is 1.44 bits per heavy atom. The molecule has 104 valence electrons. The molecular weight excluding hydrogens is 245 g/mol. The summed E-state index contributed by atoms with van der Waals surface area (Å²) in [5.41, 5.74) is -2.23. The van der Waals surface area contributed by atoms with Crippen molar-refractivity contribution < 1.29 is 28.9 Å². The fourth-order valence-corrected chi connectivity index (χ4v) is 1.87. The van der Waals surface area contributed by atoms with Gasteiger partial charge in [-0.05, 0) is 20.8 Å². The molecule has 3 N–H and O–H groups in total. The second kappa shape index (κ2) is 4.72. The third-order valence-corrected chi connectivity index (χ3v) is 2.68. The highest BCUT2D eigenvalue weighted by molar-refractivity contribution is 5.77. The first-order valence-corrected chi connectivity index (χ1v) is 5.62. The Kier molecular flexibility index (Phi) is 3.85. The molecular formula is C11H18FNO5. The SMILES string of the molecule is CC(C)(C)OC(=O)NC1(C(O)C(=O)O)CC(F)C1. The van der Waals surface area contributed by atoms with Crippen LogP contribution >= 0.6 is 0 Å². The van der Waals surface area contributed by atoms with Crippen molar-refractivity contribution in [1.29, 1.82) is 0 Å². The Bertz CT molecular complexity index is 346. The molecule has 1 atom stereocenters. The van der Waals surface area contributed by atoms with E-state index in [0.29, 0.717) is 0 Å². The molecule has 0 spiro atoms. The van der Waals surface area contributed by atoms with Crippen molar-refractivity contribution >= 4 is 12.1 Å². The molecule has 0 aliphatic heterocycles. The van der Waals surface area contributed by atoms with E-state index in [1.807, 2.05) is 0 Å². The number of halogens is 1. The van der Waals surface area contributed by atoms with Crippen LogP contribution < -0.4 is 5.32 Å². The van der Waals surface area contributed by atoms with E-state index in [4.69, 9.17) is 9.84 Å². The standard InChI is InChI=1S/C11H18FNO5/c1-10(2,3)18-9(17)13-11(4-6(12)5-11)7(14)8(15)16/h6-7,14H,4-5H2,1-3H3,(H,13,17)(H,15,16). The first kappa shape index (κ1) is 14.7. The topological polar surface area (TPSA) is 95.9 Å². The number of alkyl carbamates (subject to hydrolysis) is 1. The summed E-state index contributed by atoms with van der Waals surface area (Å²) in [5.74, 6) is -1.50. The highest BCUT2D eigenvalue weighted by Crippen LogP contribution is 2.38. The number of carboxylic acids is 1. The lowest BCUT2D eigenvalue weighted by atomic mass is 9.71. The average Bonchev–Trinajstić information content (AvgIpc) is 2.10. The van der Waals surface area contributed by atoms with Crippen molar-refractivity contribution in [2.75, 3.05) is 0 Å². The monoisotopic (exact) mass is 263 g/mol. The predicted octanol–water partition coefficient (Wildman–Crippen LogP) is 0.827. The van der Waals surface area contributed by atoms with Gasteiger partial charge in [-0.15, -0.1) is 0 Å². The number of hydrogen-bond donors (Lipinski definition) is 3. The maximum atomic E-state index is 12.9. The summed E-state index contributed by atoms with van der Waals surface area (Å²) in [6.07, 6.45) is -4.42. The zero-order valence-corrected chi connectivity index (χ0v) is 10.6. The Balaban J connectivity index is 2.70. The van der Waals surface area contributed by atoms with Crippen molar-refractivity contribution in [2.24, 2.45) is 0 Å². The Hall–Kier alpha value is -1.37. The van der Waals surface area contributed by atoms with Crippen molar-refractivity contribution in [3.63, 3.8) is 0 Å². The Labute approximate surface area is 104 Å².